The highest BCUT2D eigenvalue weighted by molar-refractivity contribution is 7.98. The Balaban J connectivity index is 4.01. The number of carboxylic acid groups (broad SMARTS) is 1. The number of aliphatic carboxylic acids is 1. The van der Waals surface area contributed by atoms with Gasteiger partial charge in [-0.25, -0.2) is 4.79 Å². The fraction of sp³-hybridized carbons (Fsp3) is 0.909. The predicted octanol–water partition coefficient (Wildman–Crippen LogP) is 2.68. The molecule has 1 unspecified atom stereocenters. The molecule has 0 aliphatic heterocycles. The minimum Gasteiger partial charge on any atom is -0.478 e. The molecule has 0 rings (SSSR count). The van der Waals surface area contributed by atoms with Crippen LogP contribution in [-0.4, -0.2) is 27.8 Å². The first-order chi connectivity index (χ1) is 6.63. The third-order valence-corrected chi connectivity index (χ3v) is 5.20. The number of hydrogen-bond donors (Lipinski definition) is 1. The lowest BCUT2D eigenvalue weighted by Gasteiger charge is -2.11. The Bertz CT molecular complexity index is 151. The van der Waals surface area contributed by atoms with E-state index in [4.69, 9.17) is 5.11 Å². The maximum absolute atomic E-state index is 10.9. The second kappa shape index (κ2) is 8.16. The van der Waals surface area contributed by atoms with Gasteiger partial charge in [0.1, 0.15) is 11.5 Å². The van der Waals surface area contributed by atoms with Crippen molar-refractivity contribution in [2.24, 2.45) is 0 Å². The van der Waals surface area contributed by atoms with E-state index in [1.807, 2.05) is 6.92 Å². The summed E-state index contributed by atoms with van der Waals surface area (Å²) in [4.78, 5) is 10.9. The predicted molar refractivity (Wildman–Crippen MR) is 64.0 cm³/mol. The van der Waals surface area contributed by atoms with Crippen LogP contribution < -0.4 is 0 Å². The molecule has 0 heterocycles. The molecule has 1 atom stereocenters. The van der Waals surface area contributed by atoms with Crippen LogP contribution in [0.15, 0.2) is 0 Å². The van der Waals surface area contributed by atoms with E-state index in [1.54, 1.807) is 0 Å². The standard InChI is InChI=1S/C11H22O2S/c1-4-6-8-14(9-7-5-2)10(3)11(12)13/h10H,4-9H2,1-3H3/p+1. The van der Waals surface area contributed by atoms with E-state index in [0.29, 0.717) is 0 Å². The summed E-state index contributed by atoms with van der Waals surface area (Å²) in [6.07, 6.45) is 4.68. The minimum absolute atomic E-state index is 0.101. The van der Waals surface area contributed by atoms with Gasteiger partial charge in [-0.05, 0) is 19.8 Å². The Morgan fingerprint density at radius 2 is 1.64 bits per heavy atom. The van der Waals surface area contributed by atoms with Crippen LogP contribution in [0.5, 0.6) is 0 Å². The maximum atomic E-state index is 10.9. The van der Waals surface area contributed by atoms with Gasteiger partial charge in [0.05, 0.1) is 0 Å². The molecule has 2 nitrogen and oxygen atoms in total. The molecule has 0 aliphatic carbocycles. The summed E-state index contributed by atoms with van der Waals surface area (Å²) in [7, 11) is 0.101. The average molecular weight is 219 g/mol. The molecule has 0 spiro atoms. The molecule has 14 heavy (non-hydrogen) atoms. The van der Waals surface area contributed by atoms with E-state index < -0.39 is 5.97 Å². The molecular formula is C11H23O2S+. The van der Waals surface area contributed by atoms with Crippen LogP contribution in [0.3, 0.4) is 0 Å². The number of carbonyl (C=O) groups is 1. The van der Waals surface area contributed by atoms with Gasteiger partial charge in [0.15, 0.2) is 0 Å². The summed E-state index contributed by atoms with van der Waals surface area (Å²) in [5.41, 5.74) is 0. The van der Waals surface area contributed by atoms with E-state index in [2.05, 4.69) is 13.8 Å². The minimum atomic E-state index is -0.625. The molecule has 84 valence electrons. The Morgan fingerprint density at radius 1 is 1.21 bits per heavy atom. The maximum Gasteiger partial charge on any atom is 0.356 e. The molecule has 0 radical (unpaired) electrons. The van der Waals surface area contributed by atoms with E-state index in [-0.39, 0.29) is 16.1 Å². The van der Waals surface area contributed by atoms with E-state index in [1.165, 1.54) is 25.7 Å². The molecule has 0 aromatic heterocycles. The zero-order valence-corrected chi connectivity index (χ0v) is 10.4. The van der Waals surface area contributed by atoms with Gasteiger partial charge >= 0.3 is 5.97 Å². The molecule has 3 heteroatoms. The number of unbranched alkanes of at least 4 members (excludes halogenated alkanes) is 2. The number of rotatable bonds is 8. The molecule has 0 aromatic rings. The molecule has 0 aliphatic rings. The molecule has 1 N–H and O–H groups in total. The lowest BCUT2D eigenvalue weighted by atomic mass is 10.4. The van der Waals surface area contributed by atoms with Crippen LogP contribution in [0.25, 0.3) is 0 Å². The smallest absolute Gasteiger partial charge is 0.356 e. The highest BCUT2D eigenvalue weighted by Gasteiger charge is 2.31. The largest absolute Gasteiger partial charge is 0.478 e. The highest BCUT2D eigenvalue weighted by atomic mass is 32.2. The van der Waals surface area contributed by atoms with Crippen LogP contribution in [0.4, 0.5) is 0 Å². The van der Waals surface area contributed by atoms with Crippen molar-refractivity contribution in [2.45, 2.75) is 51.7 Å². The summed E-state index contributed by atoms with van der Waals surface area (Å²) in [6.45, 7) is 6.18. The van der Waals surface area contributed by atoms with Crippen molar-refractivity contribution >= 4 is 16.9 Å². The molecule has 0 bridgehead atoms. The topological polar surface area (TPSA) is 37.3 Å². The first kappa shape index (κ1) is 13.8. The lowest BCUT2D eigenvalue weighted by Crippen LogP contribution is -2.31. The Hall–Kier alpha value is -0.180. The zero-order chi connectivity index (χ0) is 11.0. The Labute approximate surface area is 90.4 Å². The van der Waals surface area contributed by atoms with Crippen molar-refractivity contribution in [2.75, 3.05) is 11.5 Å². The normalized spacial score (nSPS) is 13.1. The SMILES string of the molecule is CCCC[S+](CCCC)C(C)C(=O)O. The molecule has 0 saturated heterocycles. The second-order valence-electron chi connectivity index (χ2n) is 3.63. The number of carboxylic acids is 1. The quantitative estimate of drug-likeness (QED) is 0.637. The monoisotopic (exact) mass is 219 g/mol. The first-order valence-corrected chi connectivity index (χ1v) is 7.15. The highest BCUT2D eigenvalue weighted by Crippen LogP contribution is 2.12. The van der Waals surface area contributed by atoms with Crippen LogP contribution in [0.1, 0.15) is 46.5 Å². The van der Waals surface area contributed by atoms with Gasteiger partial charge in [-0.3, -0.25) is 0 Å². The van der Waals surface area contributed by atoms with Crippen LogP contribution in [0.2, 0.25) is 0 Å². The van der Waals surface area contributed by atoms with Gasteiger partial charge in [0.2, 0.25) is 5.25 Å². The Kier molecular flexibility index (Phi) is 8.05. The lowest BCUT2D eigenvalue weighted by molar-refractivity contribution is -0.136. The Morgan fingerprint density at radius 3 is 1.93 bits per heavy atom. The third kappa shape index (κ3) is 5.53. The van der Waals surface area contributed by atoms with Gasteiger partial charge in [0.25, 0.3) is 0 Å². The molecular weight excluding hydrogens is 196 g/mol. The summed E-state index contributed by atoms with van der Waals surface area (Å²) in [6, 6.07) is 0. The van der Waals surface area contributed by atoms with Crippen molar-refractivity contribution in [1.82, 2.24) is 0 Å². The second-order valence-corrected chi connectivity index (χ2v) is 6.23. The van der Waals surface area contributed by atoms with Crippen LogP contribution in [-0.2, 0) is 15.7 Å². The molecule has 0 aromatic carbocycles. The number of hydrogen-bond acceptors (Lipinski definition) is 1. The zero-order valence-electron chi connectivity index (χ0n) is 9.58. The summed E-state index contributed by atoms with van der Waals surface area (Å²) >= 11 is 0. The van der Waals surface area contributed by atoms with Gasteiger partial charge in [0, 0.05) is 10.9 Å². The van der Waals surface area contributed by atoms with Crippen LogP contribution in [0, 0.1) is 0 Å². The van der Waals surface area contributed by atoms with Gasteiger partial charge in [-0.2, -0.15) is 0 Å². The van der Waals surface area contributed by atoms with Crippen molar-refractivity contribution in [1.29, 1.82) is 0 Å². The molecule has 0 amide bonds. The summed E-state index contributed by atoms with van der Waals surface area (Å²) in [5.74, 6) is 1.58. The van der Waals surface area contributed by atoms with E-state index in [0.717, 1.165) is 11.5 Å². The average Bonchev–Trinajstić information content (AvgIpc) is 2.17. The molecule has 0 saturated carbocycles. The van der Waals surface area contributed by atoms with Crippen molar-refractivity contribution < 1.29 is 9.90 Å². The van der Waals surface area contributed by atoms with Gasteiger partial charge in [-0.15, -0.1) is 0 Å². The van der Waals surface area contributed by atoms with E-state index >= 15 is 0 Å². The fourth-order valence-electron chi connectivity index (χ4n) is 1.26. The van der Waals surface area contributed by atoms with Gasteiger partial charge < -0.3 is 5.11 Å². The van der Waals surface area contributed by atoms with Crippen molar-refractivity contribution in [3.05, 3.63) is 0 Å². The summed E-state index contributed by atoms with van der Waals surface area (Å²) < 4.78 is 0. The molecule has 0 fully saturated rings. The first-order valence-electron chi connectivity index (χ1n) is 5.52. The van der Waals surface area contributed by atoms with Gasteiger partial charge in [-0.1, -0.05) is 26.7 Å². The van der Waals surface area contributed by atoms with Crippen molar-refractivity contribution in [3.63, 3.8) is 0 Å². The van der Waals surface area contributed by atoms with E-state index in [9.17, 15) is 4.79 Å². The third-order valence-electron chi connectivity index (χ3n) is 2.37. The van der Waals surface area contributed by atoms with Crippen LogP contribution >= 0.6 is 0 Å². The summed E-state index contributed by atoms with van der Waals surface area (Å²) in [5, 5.41) is 8.81. The van der Waals surface area contributed by atoms with Crippen molar-refractivity contribution in [3.8, 4) is 0 Å². The fourth-order valence-corrected chi connectivity index (χ4v) is 3.77.